The molecule has 3 rings (SSSR count). The topological polar surface area (TPSA) is 98.1 Å². The second-order valence-corrected chi connectivity index (χ2v) is 5.03. The predicted octanol–water partition coefficient (Wildman–Crippen LogP) is 0.471. The van der Waals surface area contributed by atoms with Crippen LogP contribution < -0.4 is 5.73 Å². The molecule has 0 radical (unpaired) electrons. The lowest BCUT2D eigenvalue weighted by atomic mass is 9.94. The summed E-state index contributed by atoms with van der Waals surface area (Å²) >= 11 is 0. The lowest BCUT2D eigenvalue weighted by Crippen LogP contribution is -2.44. The van der Waals surface area contributed by atoms with E-state index in [1.807, 2.05) is 6.92 Å². The van der Waals surface area contributed by atoms with Crippen molar-refractivity contribution in [2.45, 2.75) is 19.4 Å². The fourth-order valence-electron chi connectivity index (χ4n) is 2.36. The zero-order valence-corrected chi connectivity index (χ0v) is 11.1. The zero-order valence-electron chi connectivity index (χ0n) is 11.1. The smallest absolute Gasteiger partial charge is 0.268 e. The van der Waals surface area contributed by atoms with Crippen LogP contribution in [0.15, 0.2) is 23.2 Å². The van der Waals surface area contributed by atoms with Crippen molar-refractivity contribution in [2.75, 3.05) is 13.1 Å². The first-order valence-corrected chi connectivity index (χ1v) is 6.37. The lowest BCUT2D eigenvalue weighted by molar-refractivity contribution is 0.0995. The van der Waals surface area contributed by atoms with Crippen LogP contribution in [0.25, 0.3) is 0 Å². The van der Waals surface area contributed by atoms with Crippen LogP contribution in [-0.2, 0) is 6.54 Å². The van der Waals surface area contributed by atoms with E-state index in [4.69, 9.17) is 10.3 Å². The number of carbonyl (C=O) groups excluding carboxylic acids is 1. The van der Waals surface area contributed by atoms with Gasteiger partial charge in [0, 0.05) is 31.1 Å². The summed E-state index contributed by atoms with van der Waals surface area (Å²) in [5.74, 6) is -0.138. The third kappa shape index (κ3) is 2.39. The van der Waals surface area contributed by atoms with Gasteiger partial charge < -0.3 is 10.3 Å². The van der Waals surface area contributed by atoms with E-state index in [2.05, 4.69) is 20.0 Å². The van der Waals surface area contributed by atoms with Gasteiger partial charge in [0.05, 0.1) is 23.8 Å². The quantitative estimate of drug-likeness (QED) is 0.869. The minimum absolute atomic E-state index is 0.188. The van der Waals surface area contributed by atoms with E-state index in [1.54, 1.807) is 12.5 Å². The van der Waals surface area contributed by atoms with Gasteiger partial charge in [-0.3, -0.25) is 14.7 Å². The Bertz CT molecular complexity index is 616. The molecule has 0 bridgehead atoms. The van der Waals surface area contributed by atoms with E-state index < -0.39 is 5.91 Å². The van der Waals surface area contributed by atoms with Gasteiger partial charge in [-0.25, -0.2) is 4.98 Å². The number of likely N-dealkylation sites (tertiary alicyclic amines) is 1. The fraction of sp³-hybridized carbons (Fsp3) is 0.385. The van der Waals surface area contributed by atoms with Crippen LogP contribution in [-0.4, -0.2) is 39.0 Å². The molecule has 1 aliphatic heterocycles. The molecule has 2 aromatic heterocycles. The Labute approximate surface area is 115 Å². The molecule has 104 valence electrons. The van der Waals surface area contributed by atoms with Crippen molar-refractivity contribution in [1.29, 1.82) is 0 Å². The van der Waals surface area contributed by atoms with Gasteiger partial charge in [0.1, 0.15) is 12.0 Å². The summed E-state index contributed by atoms with van der Waals surface area (Å²) in [6, 6.07) is 0. The van der Waals surface area contributed by atoms with Crippen molar-refractivity contribution in [3.63, 3.8) is 0 Å². The van der Waals surface area contributed by atoms with Crippen molar-refractivity contribution in [3.8, 4) is 0 Å². The van der Waals surface area contributed by atoms with E-state index in [1.165, 1.54) is 6.20 Å². The van der Waals surface area contributed by atoms with Crippen LogP contribution in [0.1, 0.15) is 33.4 Å². The largest absolute Gasteiger partial charge is 0.364 e. The van der Waals surface area contributed by atoms with Gasteiger partial charge in [0.25, 0.3) is 5.91 Å². The molecule has 0 aliphatic carbocycles. The average molecular weight is 273 g/mol. The van der Waals surface area contributed by atoms with Crippen molar-refractivity contribution in [1.82, 2.24) is 20.0 Å². The van der Waals surface area contributed by atoms with Crippen molar-refractivity contribution in [2.24, 2.45) is 5.73 Å². The van der Waals surface area contributed by atoms with Crippen molar-refractivity contribution >= 4 is 5.91 Å². The van der Waals surface area contributed by atoms with Crippen LogP contribution in [0, 0.1) is 6.92 Å². The Morgan fingerprint density at radius 1 is 1.45 bits per heavy atom. The van der Waals surface area contributed by atoms with Crippen LogP contribution in [0.3, 0.4) is 0 Å². The van der Waals surface area contributed by atoms with E-state index in [-0.39, 0.29) is 5.69 Å². The molecular weight excluding hydrogens is 258 g/mol. The monoisotopic (exact) mass is 273 g/mol. The Morgan fingerprint density at radius 3 is 2.80 bits per heavy atom. The second-order valence-electron chi connectivity index (χ2n) is 5.03. The maximum atomic E-state index is 10.9. The summed E-state index contributed by atoms with van der Waals surface area (Å²) in [5, 5.41) is 4.03. The Morgan fingerprint density at radius 2 is 2.25 bits per heavy atom. The molecule has 0 saturated carbocycles. The molecule has 2 aromatic rings. The third-order valence-corrected chi connectivity index (χ3v) is 3.47. The summed E-state index contributed by atoms with van der Waals surface area (Å²) in [6.07, 6.45) is 4.68. The number of hydrogen-bond acceptors (Lipinski definition) is 6. The molecule has 2 N–H and O–H groups in total. The van der Waals surface area contributed by atoms with Gasteiger partial charge in [-0.15, -0.1) is 0 Å². The predicted molar refractivity (Wildman–Crippen MR) is 69.8 cm³/mol. The summed E-state index contributed by atoms with van der Waals surface area (Å²) < 4.78 is 4.96. The van der Waals surface area contributed by atoms with Gasteiger partial charge in [0.2, 0.25) is 0 Å². The molecule has 1 aliphatic rings. The van der Waals surface area contributed by atoms with Crippen LogP contribution in [0.2, 0.25) is 0 Å². The lowest BCUT2D eigenvalue weighted by Gasteiger charge is -2.38. The molecule has 0 aromatic carbocycles. The molecule has 20 heavy (non-hydrogen) atoms. The molecule has 0 atom stereocenters. The van der Waals surface area contributed by atoms with E-state index in [0.29, 0.717) is 12.5 Å². The van der Waals surface area contributed by atoms with Crippen molar-refractivity contribution in [3.05, 3.63) is 41.3 Å². The minimum Gasteiger partial charge on any atom is -0.364 e. The number of hydrogen-bond donors (Lipinski definition) is 1. The second kappa shape index (κ2) is 5.01. The minimum atomic E-state index is -0.561. The first kappa shape index (κ1) is 12.7. The van der Waals surface area contributed by atoms with Gasteiger partial charge in [0.15, 0.2) is 0 Å². The molecule has 0 spiro atoms. The molecule has 7 heteroatoms. The summed E-state index contributed by atoms with van der Waals surface area (Å²) in [5.41, 5.74) is 8.27. The zero-order chi connectivity index (χ0) is 14.1. The number of aryl methyl sites for hydroxylation is 1. The number of nitrogens with zero attached hydrogens (tertiary/aromatic N) is 4. The number of nitrogens with two attached hydrogens (primary N) is 1. The van der Waals surface area contributed by atoms with Crippen molar-refractivity contribution < 1.29 is 9.32 Å². The molecule has 1 saturated heterocycles. The van der Waals surface area contributed by atoms with Gasteiger partial charge in [-0.05, 0) is 6.92 Å². The van der Waals surface area contributed by atoms with Crippen LogP contribution in [0.4, 0.5) is 0 Å². The van der Waals surface area contributed by atoms with Gasteiger partial charge >= 0.3 is 0 Å². The Balaban J connectivity index is 1.56. The number of rotatable bonds is 4. The van der Waals surface area contributed by atoms with E-state index in [0.717, 1.165) is 30.0 Å². The Hall–Kier alpha value is -2.28. The highest BCUT2D eigenvalue weighted by Crippen LogP contribution is 2.28. The number of amides is 1. The fourth-order valence-corrected chi connectivity index (χ4v) is 2.36. The molecule has 1 fully saturated rings. The number of aromatic nitrogens is 3. The maximum Gasteiger partial charge on any atom is 0.268 e. The normalized spacial score (nSPS) is 16.1. The highest BCUT2D eigenvalue weighted by atomic mass is 16.5. The Kier molecular flexibility index (Phi) is 3.19. The highest BCUT2D eigenvalue weighted by molar-refractivity contribution is 5.90. The summed E-state index contributed by atoms with van der Waals surface area (Å²) in [6.45, 7) is 4.56. The first-order chi connectivity index (χ1) is 9.63. The summed E-state index contributed by atoms with van der Waals surface area (Å²) in [4.78, 5) is 21.3. The average Bonchev–Trinajstić information content (AvgIpc) is 2.80. The third-order valence-electron chi connectivity index (χ3n) is 3.47. The van der Waals surface area contributed by atoms with Gasteiger partial charge in [-0.2, -0.15) is 0 Å². The summed E-state index contributed by atoms with van der Waals surface area (Å²) in [7, 11) is 0. The molecule has 3 heterocycles. The number of carbonyl (C=O) groups is 1. The molecule has 0 unspecified atom stereocenters. The first-order valence-electron chi connectivity index (χ1n) is 6.37. The molecule has 1 amide bonds. The molecule has 7 nitrogen and oxygen atoms in total. The molecular formula is C13H15N5O2. The maximum absolute atomic E-state index is 10.9. The standard InChI is InChI=1S/C13H15N5O2/c1-8-7-20-17-12(8)9-4-18(5-9)6-10-2-16-11(3-15-10)13(14)19/h2-3,7,9H,4-6H2,1H3,(H2,14,19). The SMILES string of the molecule is Cc1conc1C1CN(Cc2cnc(C(N)=O)cn2)C1. The van der Waals surface area contributed by atoms with E-state index >= 15 is 0 Å². The van der Waals surface area contributed by atoms with E-state index in [9.17, 15) is 4.79 Å². The van der Waals surface area contributed by atoms with Gasteiger partial charge in [-0.1, -0.05) is 5.16 Å². The van der Waals surface area contributed by atoms with Crippen LogP contribution >= 0.6 is 0 Å². The number of primary amides is 1. The van der Waals surface area contributed by atoms with Crippen LogP contribution in [0.5, 0.6) is 0 Å². The highest BCUT2D eigenvalue weighted by Gasteiger charge is 2.31.